The zero-order chi connectivity index (χ0) is 23.2. The molecule has 0 atom stereocenters. The quantitative estimate of drug-likeness (QED) is 0.520. The van der Waals surface area contributed by atoms with Crippen LogP contribution in [-0.4, -0.2) is 32.6 Å². The lowest BCUT2D eigenvalue weighted by molar-refractivity contribution is -0.123. The number of carbonyl (C=O) groups is 1. The summed E-state index contributed by atoms with van der Waals surface area (Å²) in [4.78, 5) is 21.7. The maximum Gasteiger partial charge on any atom is 0.266 e. The van der Waals surface area contributed by atoms with Crippen molar-refractivity contribution in [3.63, 3.8) is 0 Å². The number of hydrogen-bond acceptors (Lipinski definition) is 5. The molecule has 1 amide bonds. The fourth-order valence-corrected chi connectivity index (χ4v) is 7.14. The van der Waals surface area contributed by atoms with Crippen LogP contribution in [0.15, 0.2) is 16.0 Å². The van der Waals surface area contributed by atoms with E-state index in [0.717, 1.165) is 51.9 Å². The summed E-state index contributed by atoms with van der Waals surface area (Å²) >= 11 is 3.21. The minimum absolute atomic E-state index is 0.0125. The van der Waals surface area contributed by atoms with Gasteiger partial charge in [-0.05, 0) is 102 Å². The molecule has 168 valence electrons. The Hall–Kier alpha value is -2.30. The van der Waals surface area contributed by atoms with Gasteiger partial charge in [-0.15, -0.1) is 11.3 Å². The van der Waals surface area contributed by atoms with E-state index in [1.54, 1.807) is 16.2 Å². The summed E-state index contributed by atoms with van der Waals surface area (Å²) in [5.74, 6) is 0.0125. The molecular weight excluding hydrogens is 436 g/mol. The van der Waals surface area contributed by atoms with Crippen molar-refractivity contribution >= 4 is 40.2 Å². The maximum atomic E-state index is 13.2. The van der Waals surface area contributed by atoms with E-state index in [9.17, 15) is 10.1 Å². The van der Waals surface area contributed by atoms with Crippen molar-refractivity contribution in [2.24, 2.45) is 4.99 Å². The minimum atomic E-state index is 0.0125. The van der Waals surface area contributed by atoms with Crippen LogP contribution in [0.2, 0.25) is 0 Å². The van der Waals surface area contributed by atoms with Crippen LogP contribution in [0, 0.1) is 25.2 Å². The van der Waals surface area contributed by atoms with E-state index in [1.807, 2.05) is 33.8 Å². The molecule has 0 spiro atoms. The van der Waals surface area contributed by atoms with E-state index in [-0.39, 0.29) is 18.0 Å². The van der Waals surface area contributed by atoms with Crippen molar-refractivity contribution in [3.05, 3.63) is 43.9 Å². The van der Waals surface area contributed by atoms with Crippen LogP contribution < -0.4 is 0 Å². The van der Waals surface area contributed by atoms with Gasteiger partial charge in [-0.25, -0.2) is 0 Å². The van der Waals surface area contributed by atoms with Gasteiger partial charge in [-0.3, -0.25) is 14.7 Å². The number of thiophene rings is 1. The molecule has 1 aliphatic carbocycles. The summed E-state index contributed by atoms with van der Waals surface area (Å²) in [6, 6.07) is 4.79. The summed E-state index contributed by atoms with van der Waals surface area (Å²) in [6.45, 7) is 12.2. The average molecular weight is 467 g/mol. The Morgan fingerprint density at radius 2 is 1.91 bits per heavy atom. The van der Waals surface area contributed by atoms with Crippen LogP contribution in [0.4, 0.5) is 0 Å². The monoisotopic (exact) mass is 466 g/mol. The Bertz CT molecular complexity index is 1170. The van der Waals surface area contributed by atoms with Gasteiger partial charge in [0.2, 0.25) is 0 Å². The summed E-state index contributed by atoms with van der Waals surface area (Å²) in [5, 5.41) is 11.7. The molecule has 0 aromatic carbocycles. The molecule has 32 heavy (non-hydrogen) atoms. The second-order valence-electron chi connectivity index (χ2n) is 9.05. The highest BCUT2D eigenvalue weighted by molar-refractivity contribution is 8.18. The number of hydrogen-bond donors (Lipinski definition) is 0. The zero-order valence-electron chi connectivity index (χ0n) is 19.7. The molecule has 0 unspecified atom stereocenters. The molecule has 1 saturated heterocycles. The Morgan fingerprint density at radius 1 is 1.19 bits per heavy atom. The molecule has 2 aromatic heterocycles. The number of carbonyl (C=O) groups excluding carboxylic acids is 1. The maximum absolute atomic E-state index is 13.2. The third kappa shape index (κ3) is 3.95. The van der Waals surface area contributed by atoms with E-state index < -0.39 is 0 Å². The lowest BCUT2D eigenvalue weighted by atomic mass is 9.96. The third-order valence-corrected chi connectivity index (χ3v) is 8.22. The topological polar surface area (TPSA) is 61.4 Å². The summed E-state index contributed by atoms with van der Waals surface area (Å²) in [5.41, 5.74) is 5.23. The number of amidine groups is 1. The second-order valence-corrected chi connectivity index (χ2v) is 11.1. The first-order valence-corrected chi connectivity index (χ1v) is 12.9. The smallest absolute Gasteiger partial charge is 0.266 e. The number of nitrogens with zero attached hydrogens (tertiary/aromatic N) is 4. The number of fused-ring (bicyclic) bond motifs is 1. The predicted octanol–water partition coefficient (Wildman–Crippen LogP) is 6.00. The molecule has 2 aliphatic rings. The van der Waals surface area contributed by atoms with Crippen LogP contribution in [0.3, 0.4) is 0 Å². The molecule has 3 heterocycles. The molecule has 1 aliphatic heterocycles. The number of aryl methyl sites for hydroxylation is 2. The first-order valence-electron chi connectivity index (χ1n) is 11.3. The molecule has 0 bridgehead atoms. The number of amides is 1. The van der Waals surface area contributed by atoms with E-state index in [1.165, 1.54) is 28.6 Å². The first-order chi connectivity index (χ1) is 15.2. The van der Waals surface area contributed by atoms with Gasteiger partial charge in [0.1, 0.15) is 11.1 Å². The van der Waals surface area contributed by atoms with Gasteiger partial charge in [0.15, 0.2) is 5.17 Å². The summed E-state index contributed by atoms with van der Waals surface area (Å²) < 4.78 is 2.20. The molecular formula is C25H30N4OS2. The number of thioether (sulfide) groups is 1. The largest absolute Gasteiger partial charge is 0.308 e. The Balaban J connectivity index is 1.77. The summed E-state index contributed by atoms with van der Waals surface area (Å²) in [6.07, 6.45) is 6.41. The number of aromatic nitrogens is 1. The fraction of sp³-hybridized carbons (Fsp3) is 0.480. The molecule has 0 saturated carbocycles. The van der Waals surface area contributed by atoms with Gasteiger partial charge >= 0.3 is 0 Å². The minimum Gasteiger partial charge on any atom is -0.308 e. The van der Waals surface area contributed by atoms with Crippen LogP contribution >= 0.6 is 23.1 Å². The van der Waals surface area contributed by atoms with Gasteiger partial charge in [-0.2, -0.15) is 5.26 Å². The van der Waals surface area contributed by atoms with Crippen LogP contribution in [-0.2, 0) is 17.6 Å². The number of rotatable bonds is 4. The standard InChI is InChI=1S/C25H30N4OS2/c1-14(2)27-25-28(15(3)4)23(30)22(32-25)12-18-11-16(5)29(17(18)6)24-20(13-26)19-9-7-8-10-21(19)31-24/h11-12,14-15H,7-10H2,1-6H3/b22-12+,27-25?. The predicted molar refractivity (Wildman–Crippen MR) is 135 cm³/mol. The van der Waals surface area contributed by atoms with Crippen LogP contribution in [0.1, 0.15) is 73.5 Å². The lowest BCUT2D eigenvalue weighted by Gasteiger charge is -2.20. The van der Waals surface area contributed by atoms with E-state index in [0.29, 0.717) is 4.91 Å². The van der Waals surface area contributed by atoms with Crippen molar-refractivity contribution < 1.29 is 4.79 Å². The van der Waals surface area contributed by atoms with Crippen molar-refractivity contribution in [2.75, 3.05) is 0 Å². The van der Waals surface area contributed by atoms with Gasteiger partial charge in [-0.1, -0.05) is 0 Å². The van der Waals surface area contributed by atoms with E-state index >= 15 is 0 Å². The molecule has 4 rings (SSSR count). The number of nitriles is 1. The van der Waals surface area contributed by atoms with Gasteiger partial charge < -0.3 is 4.57 Å². The molecule has 1 fully saturated rings. The number of aliphatic imine (C=N–C) groups is 1. The first kappa shape index (κ1) is 22.9. The van der Waals surface area contributed by atoms with Crippen molar-refractivity contribution in [1.29, 1.82) is 5.26 Å². The normalized spacial score (nSPS) is 19.0. The molecule has 2 aromatic rings. The Labute approximate surface area is 198 Å². The zero-order valence-corrected chi connectivity index (χ0v) is 21.3. The summed E-state index contributed by atoms with van der Waals surface area (Å²) in [7, 11) is 0. The fourth-order valence-electron chi connectivity index (χ4n) is 4.46. The van der Waals surface area contributed by atoms with Crippen molar-refractivity contribution in [3.8, 4) is 11.1 Å². The lowest BCUT2D eigenvalue weighted by Crippen LogP contribution is -2.35. The molecule has 0 radical (unpaired) electrons. The van der Waals surface area contributed by atoms with Crippen LogP contribution in [0.5, 0.6) is 0 Å². The second kappa shape index (κ2) is 8.92. The SMILES string of the molecule is Cc1cc(/C=C2/SC(=NC(C)C)N(C(C)C)C2=O)c(C)n1-c1sc2c(c1C#N)CCCC2. The highest BCUT2D eigenvalue weighted by Gasteiger charge is 2.35. The third-order valence-electron chi connectivity index (χ3n) is 5.95. The average Bonchev–Trinajstić information content (AvgIpc) is 3.32. The van der Waals surface area contributed by atoms with Crippen molar-refractivity contribution in [1.82, 2.24) is 9.47 Å². The van der Waals surface area contributed by atoms with E-state index in [4.69, 9.17) is 0 Å². The molecule has 7 heteroatoms. The van der Waals surface area contributed by atoms with Gasteiger partial charge in [0.05, 0.1) is 10.5 Å². The van der Waals surface area contributed by atoms with Gasteiger partial charge in [0.25, 0.3) is 5.91 Å². The molecule has 0 N–H and O–H groups in total. The highest BCUT2D eigenvalue weighted by Crippen LogP contribution is 2.39. The highest BCUT2D eigenvalue weighted by atomic mass is 32.2. The Morgan fingerprint density at radius 3 is 2.56 bits per heavy atom. The Kier molecular flexibility index (Phi) is 6.37. The van der Waals surface area contributed by atoms with Crippen LogP contribution in [0.25, 0.3) is 11.1 Å². The van der Waals surface area contributed by atoms with Crippen molar-refractivity contribution in [2.45, 2.75) is 79.3 Å². The van der Waals surface area contributed by atoms with Gasteiger partial charge in [0, 0.05) is 28.3 Å². The molecule has 5 nitrogen and oxygen atoms in total. The van der Waals surface area contributed by atoms with E-state index in [2.05, 4.69) is 35.5 Å².